The lowest BCUT2D eigenvalue weighted by atomic mass is 10.0. The van der Waals surface area contributed by atoms with Crippen LogP contribution in [0.5, 0.6) is 0 Å². The Morgan fingerprint density at radius 2 is 0.647 bits per heavy atom. The number of hydrogen-bond acceptors (Lipinski definition) is 6. The van der Waals surface area contributed by atoms with Gasteiger partial charge in [-0.2, -0.15) is 0 Å². The predicted molar refractivity (Wildman–Crippen MR) is 215 cm³/mol. The van der Waals surface area contributed by atoms with E-state index in [2.05, 4.69) is 34.6 Å². The molecule has 0 amide bonds. The smallest absolute Gasteiger partial charge is 0.306 e. The van der Waals surface area contributed by atoms with Crippen LogP contribution in [0.15, 0.2) is 0 Å². The van der Waals surface area contributed by atoms with Gasteiger partial charge in [0.05, 0.1) is 0 Å². The van der Waals surface area contributed by atoms with E-state index in [1.807, 2.05) is 0 Å². The Labute approximate surface area is 317 Å². The summed E-state index contributed by atoms with van der Waals surface area (Å²) in [6.45, 7) is 11.2. The van der Waals surface area contributed by atoms with Gasteiger partial charge in [-0.25, -0.2) is 0 Å². The van der Waals surface area contributed by atoms with Crippen molar-refractivity contribution in [2.24, 2.45) is 11.8 Å². The van der Waals surface area contributed by atoms with Crippen molar-refractivity contribution in [1.82, 2.24) is 0 Å². The lowest BCUT2D eigenvalue weighted by Crippen LogP contribution is -2.30. The minimum Gasteiger partial charge on any atom is -0.462 e. The van der Waals surface area contributed by atoms with E-state index < -0.39 is 6.10 Å². The van der Waals surface area contributed by atoms with Crippen LogP contribution in [-0.4, -0.2) is 37.2 Å². The first-order valence-electron chi connectivity index (χ1n) is 22.2. The van der Waals surface area contributed by atoms with E-state index in [0.29, 0.717) is 19.3 Å². The summed E-state index contributed by atoms with van der Waals surface area (Å²) in [6.07, 6.45) is 35.4. The summed E-state index contributed by atoms with van der Waals surface area (Å²) in [5.41, 5.74) is 0. The monoisotopic (exact) mass is 723 g/mol. The summed E-state index contributed by atoms with van der Waals surface area (Å²) in [5.74, 6) is 0.654. The molecule has 1 atom stereocenters. The number of rotatable bonds is 39. The van der Waals surface area contributed by atoms with Crippen molar-refractivity contribution in [3.05, 3.63) is 0 Å². The molecule has 0 aromatic rings. The molecule has 0 N–H and O–H groups in total. The second kappa shape index (κ2) is 38.1. The Kier molecular flexibility index (Phi) is 37.0. The molecule has 0 rings (SSSR count). The molecule has 0 bridgehead atoms. The highest BCUT2D eigenvalue weighted by Crippen LogP contribution is 2.16. The van der Waals surface area contributed by atoms with Crippen molar-refractivity contribution in [2.45, 2.75) is 246 Å². The Hall–Kier alpha value is -1.59. The highest BCUT2D eigenvalue weighted by atomic mass is 16.6. The van der Waals surface area contributed by atoms with Crippen molar-refractivity contribution in [3.8, 4) is 0 Å². The fourth-order valence-corrected chi connectivity index (χ4v) is 6.58. The number of unbranched alkanes of at least 4 members (excludes halogenated alkanes) is 24. The predicted octanol–water partition coefficient (Wildman–Crippen LogP) is 13.8. The standard InChI is InChI=1S/C45H86O6/c1-6-7-8-9-10-11-12-13-14-15-16-17-18-25-30-35-43(46)49-38-42(51-45(48)37-32-27-22-20-24-29-34-41(4)5)39-50-44(47)36-31-26-21-19-23-28-33-40(2)3/h40-42H,6-39H2,1-5H3/t42-/m1/s1. The van der Waals surface area contributed by atoms with Gasteiger partial charge in [-0.05, 0) is 31.1 Å². The Morgan fingerprint density at radius 1 is 0.373 bits per heavy atom. The summed E-state index contributed by atoms with van der Waals surface area (Å²) in [7, 11) is 0. The number of hydrogen-bond donors (Lipinski definition) is 0. The second-order valence-corrected chi connectivity index (χ2v) is 16.3. The zero-order valence-corrected chi connectivity index (χ0v) is 34.7. The van der Waals surface area contributed by atoms with E-state index in [1.54, 1.807) is 0 Å². The van der Waals surface area contributed by atoms with Crippen LogP contribution < -0.4 is 0 Å². The molecule has 0 radical (unpaired) electrons. The number of ether oxygens (including phenoxy) is 3. The molecule has 0 saturated carbocycles. The van der Waals surface area contributed by atoms with Crippen LogP contribution in [0.2, 0.25) is 0 Å². The van der Waals surface area contributed by atoms with Gasteiger partial charge in [0.25, 0.3) is 0 Å². The van der Waals surface area contributed by atoms with Crippen LogP contribution in [0.25, 0.3) is 0 Å². The lowest BCUT2D eigenvalue weighted by molar-refractivity contribution is -0.167. The maximum absolute atomic E-state index is 12.6. The summed E-state index contributed by atoms with van der Waals surface area (Å²) in [5, 5.41) is 0. The van der Waals surface area contributed by atoms with Gasteiger partial charge in [0.1, 0.15) is 13.2 Å². The maximum Gasteiger partial charge on any atom is 0.306 e. The first-order valence-corrected chi connectivity index (χ1v) is 22.2. The molecule has 6 heteroatoms. The van der Waals surface area contributed by atoms with E-state index in [-0.39, 0.29) is 31.1 Å². The summed E-state index contributed by atoms with van der Waals surface area (Å²) < 4.78 is 16.7. The molecule has 0 heterocycles. The van der Waals surface area contributed by atoms with Gasteiger partial charge in [-0.1, -0.05) is 202 Å². The molecule has 0 aliphatic rings. The van der Waals surface area contributed by atoms with Crippen molar-refractivity contribution < 1.29 is 28.6 Å². The minimum absolute atomic E-state index is 0.0666. The van der Waals surface area contributed by atoms with Gasteiger partial charge >= 0.3 is 17.9 Å². The molecule has 0 aliphatic carbocycles. The highest BCUT2D eigenvalue weighted by molar-refractivity contribution is 5.71. The molecule has 0 aromatic heterocycles. The lowest BCUT2D eigenvalue weighted by Gasteiger charge is -2.18. The molecule has 0 saturated heterocycles. The highest BCUT2D eigenvalue weighted by Gasteiger charge is 2.19. The van der Waals surface area contributed by atoms with Crippen molar-refractivity contribution in [1.29, 1.82) is 0 Å². The van der Waals surface area contributed by atoms with E-state index in [9.17, 15) is 14.4 Å². The van der Waals surface area contributed by atoms with Crippen molar-refractivity contribution in [2.75, 3.05) is 13.2 Å². The van der Waals surface area contributed by atoms with Gasteiger partial charge in [-0.15, -0.1) is 0 Å². The van der Waals surface area contributed by atoms with Crippen LogP contribution in [-0.2, 0) is 28.6 Å². The third-order valence-electron chi connectivity index (χ3n) is 9.97. The molecular formula is C45H86O6. The molecule has 302 valence electrons. The molecule has 6 nitrogen and oxygen atoms in total. The maximum atomic E-state index is 12.6. The average Bonchev–Trinajstić information content (AvgIpc) is 3.09. The molecule has 0 aromatic carbocycles. The summed E-state index contributed by atoms with van der Waals surface area (Å²) in [6, 6.07) is 0. The van der Waals surface area contributed by atoms with Crippen LogP contribution >= 0.6 is 0 Å². The quantitative estimate of drug-likeness (QED) is 0.0357. The zero-order chi connectivity index (χ0) is 37.6. The van der Waals surface area contributed by atoms with Crippen LogP contribution in [0.4, 0.5) is 0 Å². The van der Waals surface area contributed by atoms with Crippen molar-refractivity contribution >= 4 is 17.9 Å². The first-order chi connectivity index (χ1) is 24.7. The molecule has 51 heavy (non-hydrogen) atoms. The van der Waals surface area contributed by atoms with E-state index in [1.165, 1.54) is 128 Å². The van der Waals surface area contributed by atoms with Gasteiger partial charge in [0, 0.05) is 19.3 Å². The zero-order valence-electron chi connectivity index (χ0n) is 34.7. The van der Waals surface area contributed by atoms with E-state index in [0.717, 1.165) is 69.6 Å². The average molecular weight is 723 g/mol. The number of carbonyl (C=O) groups excluding carboxylic acids is 3. The Balaban J connectivity index is 4.27. The summed E-state index contributed by atoms with van der Waals surface area (Å²) in [4.78, 5) is 37.6. The topological polar surface area (TPSA) is 78.9 Å². The largest absolute Gasteiger partial charge is 0.462 e. The second-order valence-electron chi connectivity index (χ2n) is 16.3. The number of carbonyl (C=O) groups is 3. The molecule has 0 unspecified atom stereocenters. The van der Waals surface area contributed by atoms with Crippen LogP contribution in [0, 0.1) is 11.8 Å². The fourth-order valence-electron chi connectivity index (χ4n) is 6.58. The van der Waals surface area contributed by atoms with Crippen LogP contribution in [0.1, 0.15) is 240 Å². The van der Waals surface area contributed by atoms with Gasteiger partial charge < -0.3 is 14.2 Å². The van der Waals surface area contributed by atoms with Gasteiger partial charge in [0.15, 0.2) is 6.10 Å². The van der Waals surface area contributed by atoms with E-state index in [4.69, 9.17) is 14.2 Å². The SMILES string of the molecule is CCCCCCCCCCCCCCCCCC(=O)OC[C@H](COC(=O)CCCCCCCCC(C)C)OC(=O)CCCCCCCCC(C)C. The third-order valence-corrected chi connectivity index (χ3v) is 9.97. The molecule has 0 aliphatic heterocycles. The summed E-state index contributed by atoms with van der Waals surface area (Å²) >= 11 is 0. The minimum atomic E-state index is -0.761. The number of esters is 3. The fraction of sp³-hybridized carbons (Fsp3) is 0.933. The molecular weight excluding hydrogens is 636 g/mol. The molecule has 0 fully saturated rings. The molecule has 0 spiro atoms. The van der Waals surface area contributed by atoms with E-state index >= 15 is 0 Å². The normalized spacial score (nSPS) is 12.1. The van der Waals surface area contributed by atoms with Crippen molar-refractivity contribution in [3.63, 3.8) is 0 Å². The van der Waals surface area contributed by atoms with Crippen LogP contribution in [0.3, 0.4) is 0 Å². The van der Waals surface area contributed by atoms with Gasteiger partial charge in [-0.3, -0.25) is 14.4 Å². The third kappa shape index (κ3) is 39.5. The first kappa shape index (κ1) is 49.4. The Bertz CT molecular complexity index is 779. The Morgan fingerprint density at radius 3 is 0.961 bits per heavy atom. The van der Waals surface area contributed by atoms with Gasteiger partial charge in [0.2, 0.25) is 0 Å².